The third-order valence-electron chi connectivity index (χ3n) is 3.29. The van der Waals surface area contributed by atoms with E-state index in [9.17, 15) is 5.11 Å². The van der Waals surface area contributed by atoms with Gasteiger partial charge >= 0.3 is 0 Å². The number of aromatic hydroxyl groups is 1. The average Bonchev–Trinajstić information content (AvgIpc) is 3.07. The Balaban J connectivity index is 1.86. The maximum Gasteiger partial charge on any atom is 0.230 e. The van der Waals surface area contributed by atoms with Crippen molar-refractivity contribution in [2.24, 2.45) is 5.92 Å². The van der Waals surface area contributed by atoms with Gasteiger partial charge in [0, 0.05) is 11.5 Å². The Hall–Kier alpha value is -1.84. The van der Waals surface area contributed by atoms with Crippen molar-refractivity contribution in [1.82, 2.24) is 10.1 Å². The fourth-order valence-corrected chi connectivity index (χ4v) is 1.95. The van der Waals surface area contributed by atoms with Crippen LogP contribution in [0.15, 0.2) is 28.8 Å². The lowest BCUT2D eigenvalue weighted by molar-refractivity contribution is 0.349. The van der Waals surface area contributed by atoms with Gasteiger partial charge < -0.3 is 9.63 Å². The molecule has 0 radical (unpaired) electrons. The number of hydrogen-bond donors (Lipinski definition) is 1. The van der Waals surface area contributed by atoms with Gasteiger partial charge in [0.2, 0.25) is 11.7 Å². The smallest absolute Gasteiger partial charge is 0.230 e. The van der Waals surface area contributed by atoms with Crippen LogP contribution in [0.4, 0.5) is 0 Å². The Bertz CT molecular complexity index is 514. The van der Waals surface area contributed by atoms with Gasteiger partial charge in [-0.25, -0.2) is 0 Å². The highest BCUT2D eigenvalue weighted by Gasteiger charge is 2.32. The molecule has 0 spiro atoms. The lowest BCUT2D eigenvalue weighted by Gasteiger charge is -2.01. The summed E-state index contributed by atoms with van der Waals surface area (Å²) in [6.07, 6.45) is 2.52. The van der Waals surface area contributed by atoms with Crippen molar-refractivity contribution in [2.75, 3.05) is 0 Å². The molecule has 3 rings (SSSR count). The molecule has 2 aromatic rings. The number of phenolic OH excluding ortho intramolecular Hbond substituents is 1. The summed E-state index contributed by atoms with van der Waals surface area (Å²) < 4.78 is 5.29. The molecule has 1 fully saturated rings. The maximum atomic E-state index is 9.21. The van der Waals surface area contributed by atoms with E-state index in [1.807, 2.05) is 0 Å². The topological polar surface area (TPSA) is 59.2 Å². The van der Waals surface area contributed by atoms with E-state index in [0.29, 0.717) is 17.7 Å². The van der Waals surface area contributed by atoms with E-state index in [1.54, 1.807) is 24.3 Å². The van der Waals surface area contributed by atoms with E-state index in [-0.39, 0.29) is 5.75 Å². The standard InChI is InChI=1S/C13H14N2O2/c1-8(9-2-3-9)13-14-12(15-17-13)10-4-6-11(16)7-5-10/h4-9,16H,2-3H2,1H3. The first-order valence-electron chi connectivity index (χ1n) is 5.87. The van der Waals surface area contributed by atoms with E-state index < -0.39 is 0 Å². The molecule has 0 bridgehead atoms. The first-order chi connectivity index (χ1) is 8.24. The van der Waals surface area contributed by atoms with Gasteiger partial charge in [-0.15, -0.1) is 0 Å². The summed E-state index contributed by atoms with van der Waals surface area (Å²) in [5.41, 5.74) is 0.862. The average molecular weight is 230 g/mol. The summed E-state index contributed by atoms with van der Waals surface area (Å²) in [5, 5.41) is 13.2. The van der Waals surface area contributed by atoms with Crippen molar-refractivity contribution in [3.8, 4) is 17.1 Å². The monoisotopic (exact) mass is 230 g/mol. The molecule has 0 saturated heterocycles. The fraction of sp³-hybridized carbons (Fsp3) is 0.385. The Morgan fingerprint density at radius 3 is 2.65 bits per heavy atom. The van der Waals surface area contributed by atoms with Gasteiger partial charge in [0.05, 0.1) is 0 Å². The molecule has 1 N–H and O–H groups in total. The maximum absolute atomic E-state index is 9.21. The Kier molecular flexibility index (Phi) is 2.35. The minimum atomic E-state index is 0.240. The van der Waals surface area contributed by atoms with Crippen LogP contribution < -0.4 is 0 Å². The van der Waals surface area contributed by atoms with Crippen LogP contribution in [0.3, 0.4) is 0 Å². The van der Waals surface area contributed by atoms with E-state index in [1.165, 1.54) is 12.8 Å². The van der Waals surface area contributed by atoms with Gasteiger partial charge in [-0.05, 0) is 43.0 Å². The highest BCUT2D eigenvalue weighted by atomic mass is 16.5. The second kappa shape index (κ2) is 3.87. The molecule has 1 unspecified atom stereocenters. The minimum absolute atomic E-state index is 0.240. The zero-order valence-corrected chi connectivity index (χ0v) is 9.63. The summed E-state index contributed by atoms with van der Waals surface area (Å²) in [5.74, 6) is 2.61. The van der Waals surface area contributed by atoms with Gasteiger partial charge in [-0.3, -0.25) is 0 Å². The third kappa shape index (κ3) is 2.02. The van der Waals surface area contributed by atoms with E-state index in [2.05, 4.69) is 17.1 Å². The number of phenols is 1. The first kappa shape index (κ1) is 10.3. The first-order valence-corrected chi connectivity index (χ1v) is 5.87. The molecule has 1 aromatic carbocycles. The SMILES string of the molecule is CC(c1nc(-c2ccc(O)cc2)no1)C1CC1. The Morgan fingerprint density at radius 1 is 1.29 bits per heavy atom. The molecule has 4 heteroatoms. The summed E-state index contributed by atoms with van der Waals surface area (Å²) in [6.45, 7) is 2.13. The number of nitrogens with zero attached hydrogens (tertiary/aromatic N) is 2. The van der Waals surface area contributed by atoms with Gasteiger partial charge in [-0.2, -0.15) is 4.98 Å². The van der Waals surface area contributed by atoms with Gasteiger partial charge in [0.15, 0.2) is 0 Å². The number of aromatic nitrogens is 2. The highest BCUT2D eigenvalue weighted by molar-refractivity contribution is 5.55. The van der Waals surface area contributed by atoms with Crippen molar-refractivity contribution in [1.29, 1.82) is 0 Å². The van der Waals surface area contributed by atoms with Gasteiger partial charge in [0.25, 0.3) is 0 Å². The molecule has 1 atom stereocenters. The third-order valence-corrected chi connectivity index (χ3v) is 3.29. The van der Waals surface area contributed by atoms with Crippen LogP contribution in [0.25, 0.3) is 11.4 Å². The summed E-state index contributed by atoms with van der Waals surface area (Å²) in [6, 6.07) is 6.81. The summed E-state index contributed by atoms with van der Waals surface area (Å²) >= 11 is 0. The van der Waals surface area contributed by atoms with Crippen LogP contribution in [0.5, 0.6) is 5.75 Å². The van der Waals surface area contributed by atoms with Gasteiger partial charge in [-0.1, -0.05) is 12.1 Å². The van der Waals surface area contributed by atoms with Crippen LogP contribution in [-0.2, 0) is 0 Å². The summed E-state index contributed by atoms with van der Waals surface area (Å²) in [4.78, 5) is 4.41. The predicted octanol–water partition coefficient (Wildman–Crippen LogP) is 2.96. The zero-order chi connectivity index (χ0) is 11.8. The van der Waals surface area contributed by atoms with Crippen molar-refractivity contribution in [3.05, 3.63) is 30.2 Å². The quantitative estimate of drug-likeness (QED) is 0.880. The molecule has 4 nitrogen and oxygen atoms in total. The van der Waals surface area contributed by atoms with Crippen LogP contribution in [-0.4, -0.2) is 15.2 Å². The molecular formula is C13H14N2O2. The van der Waals surface area contributed by atoms with E-state index in [4.69, 9.17) is 4.52 Å². The molecule has 1 aliphatic rings. The normalized spacial score (nSPS) is 17.0. The Labute approximate surface area is 99.3 Å². The number of benzene rings is 1. The molecule has 1 heterocycles. The molecule has 0 aliphatic heterocycles. The predicted molar refractivity (Wildman–Crippen MR) is 62.5 cm³/mol. The number of hydrogen-bond acceptors (Lipinski definition) is 4. The van der Waals surface area contributed by atoms with Crippen molar-refractivity contribution >= 4 is 0 Å². The molecule has 1 aromatic heterocycles. The zero-order valence-electron chi connectivity index (χ0n) is 9.63. The minimum Gasteiger partial charge on any atom is -0.508 e. The second-order valence-electron chi connectivity index (χ2n) is 4.63. The molecule has 0 amide bonds. The molecule has 1 saturated carbocycles. The molecular weight excluding hydrogens is 216 g/mol. The fourth-order valence-electron chi connectivity index (χ4n) is 1.95. The van der Waals surface area contributed by atoms with Gasteiger partial charge in [0.1, 0.15) is 5.75 Å². The van der Waals surface area contributed by atoms with Crippen molar-refractivity contribution in [3.63, 3.8) is 0 Å². The molecule has 17 heavy (non-hydrogen) atoms. The van der Waals surface area contributed by atoms with E-state index in [0.717, 1.165) is 11.5 Å². The highest BCUT2D eigenvalue weighted by Crippen LogP contribution is 2.41. The van der Waals surface area contributed by atoms with Crippen LogP contribution in [0.1, 0.15) is 31.6 Å². The second-order valence-corrected chi connectivity index (χ2v) is 4.63. The molecule has 1 aliphatic carbocycles. The lowest BCUT2D eigenvalue weighted by Crippen LogP contribution is -1.95. The number of rotatable bonds is 3. The van der Waals surface area contributed by atoms with E-state index >= 15 is 0 Å². The van der Waals surface area contributed by atoms with Crippen LogP contribution in [0.2, 0.25) is 0 Å². The largest absolute Gasteiger partial charge is 0.508 e. The summed E-state index contributed by atoms with van der Waals surface area (Å²) in [7, 11) is 0. The van der Waals surface area contributed by atoms with Crippen LogP contribution >= 0.6 is 0 Å². The van der Waals surface area contributed by atoms with Crippen LogP contribution in [0, 0.1) is 5.92 Å². The Morgan fingerprint density at radius 2 is 2.00 bits per heavy atom. The van der Waals surface area contributed by atoms with Crippen molar-refractivity contribution < 1.29 is 9.63 Å². The molecule has 88 valence electrons. The van der Waals surface area contributed by atoms with Crippen molar-refractivity contribution in [2.45, 2.75) is 25.7 Å². The lowest BCUT2D eigenvalue weighted by atomic mass is 10.1.